The van der Waals surface area contributed by atoms with Gasteiger partial charge in [0, 0.05) is 12.3 Å². The molecule has 0 radical (unpaired) electrons. The summed E-state index contributed by atoms with van der Waals surface area (Å²) in [7, 11) is 0. The summed E-state index contributed by atoms with van der Waals surface area (Å²) in [5.74, 6) is 0.468. The van der Waals surface area contributed by atoms with Crippen LogP contribution < -0.4 is 0 Å². The van der Waals surface area contributed by atoms with Crippen LogP contribution >= 0.6 is 0 Å². The van der Waals surface area contributed by atoms with Gasteiger partial charge in [-0.15, -0.1) is 0 Å². The molecular formula is C13H16O. The quantitative estimate of drug-likeness (QED) is 0.662. The molecule has 0 amide bonds. The molecule has 0 fully saturated rings. The van der Waals surface area contributed by atoms with Crippen molar-refractivity contribution in [1.82, 2.24) is 0 Å². The van der Waals surface area contributed by atoms with Gasteiger partial charge in [-0.05, 0) is 19.4 Å². The Hall–Kier alpha value is -1.37. The molecule has 1 atom stereocenters. The predicted octanol–water partition coefficient (Wildman–Crippen LogP) is 3.33. The Bertz CT molecular complexity index is 311. The van der Waals surface area contributed by atoms with Gasteiger partial charge < -0.3 is 0 Å². The molecule has 0 aromatic heterocycles. The molecule has 0 heterocycles. The van der Waals surface area contributed by atoms with Crippen molar-refractivity contribution < 1.29 is 4.79 Å². The number of allylic oxidation sites excluding steroid dienone is 2. The first-order valence-corrected chi connectivity index (χ1v) is 4.91. The van der Waals surface area contributed by atoms with Crippen LogP contribution in [0.3, 0.4) is 0 Å². The van der Waals surface area contributed by atoms with Crippen molar-refractivity contribution in [3.8, 4) is 0 Å². The van der Waals surface area contributed by atoms with Crippen LogP contribution in [0, 0.1) is 0 Å². The normalized spacial score (nSPS) is 13.0. The lowest BCUT2D eigenvalue weighted by Gasteiger charge is -2.10. The van der Waals surface area contributed by atoms with Crippen LogP contribution in [0.15, 0.2) is 42.5 Å². The third kappa shape index (κ3) is 3.17. The zero-order chi connectivity index (χ0) is 10.4. The summed E-state index contributed by atoms with van der Waals surface area (Å²) in [6.45, 7) is 3.62. The molecule has 1 heteroatoms. The number of benzene rings is 1. The van der Waals surface area contributed by atoms with Crippen LogP contribution in [0.25, 0.3) is 0 Å². The average Bonchev–Trinajstić information content (AvgIpc) is 2.18. The monoisotopic (exact) mass is 188 g/mol. The molecule has 0 aliphatic heterocycles. The van der Waals surface area contributed by atoms with Crippen LogP contribution in [0.1, 0.15) is 31.7 Å². The van der Waals surface area contributed by atoms with Crippen molar-refractivity contribution >= 4 is 5.78 Å². The van der Waals surface area contributed by atoms with Crippen LogP contribution in [-0.4, -0.2) is 5.78 Å². The first-order valence-electron chi connectivity index (χ1n) is 4.91. The second-order valence-electron chi connectivity index (χ2n) is 3.45. The van der Waals surface area contributed by atoms with Gasteiger partial charge in [-0.25, -0.2) is 0 Å². The first-order chi connectivity index (χ1) is 6.74. The van der Waals surface area contributed by atoms with E-state index in [-0.39, 0.29) is 11.7 Å². The molecule has 0 N–H and O–H groups in total. The molecule has 0 saturated heterocycles. The van der Waals surface area contributed by atoms with Crippen molar-refractivity contribution in [2.45, 2.75) is 26.2 Å². The smallest absolute Gasteiger partial charge is 0.130 e. The summed E-state index contributed by atoms with van der Waals surface area (Å²) in [5, 5.41) is 0. The fraction of sp³-hybridized carbons (Fsp3) is 0.308. The van der Waals surface area contributed by atoms with Gasteiger partial charge in [0.05, 0.1) is 0 Å². The highest BCUT2D eigenvalue weighted by atomic mass is 16.1. The van der Waals surface area contributed by atoms with E-state index < -0.39 is 0 Å². The molecule has 0 spiro atoms. The van der Waals surface area contributed by atoms with Crippen LogP contribution in [0.5, 0.6) is 0 Å². The summed E-state index contributed by atoms with van der Waals surface area (Å²) in [5.41, 5.74) is 1.21. The molecule has 1 rings (SSSR count). The molecule has 14 heavy (non-hydrogen) atoms. The lowest BCUT2D eigenvalue weighted by Crippen LogP contribution is -2.01. The minimum absolute atomic E-state index is 0.233. The number of hydrogen-bond donors (Lipinski definition) is 0. The summed E-state index contributed by atoms with van der Waals surface area (Å²) in [6.07, 6.45) is 4.67. The fourth-order valence-electron chi connectivity index (χ4n) is 1.54. The Balaban J connectivity index is 2.83. The van der Waals surface area contributed by atoms with Gasteiger partial charge in [-0.2, -0.15) is 0 Å². The lowest BCUT2D eigenvalue weighted by molar-refractivity contribution is -0.117. The van der Waals surface area contributed by atoms with Crippen molar-refractivity contribution in [1.29, 1.82) is 0 Å². The maximum atomic E-state index is 11.1. The first kappa shape index (κ1) is 10.7. The van der Waals surface area contributed by atoms with Crippen LogP contribution in [0.4, 0.5) is 0 Å². The standard InChI is InChI=1S/C13H16O/c1-3-7-13(10-11(2)14)12-8-5-4-6-9-12/h3-9,13H,10H2,1-2H3/b7-3+. The molecule has 0 bridgehead atoms. The largest absolute Gasteiger partial charge is 0.300 e. The van der Waals surface area contributed by atoms with E-state index in [1.54, 1.807) is 6.92 Å². The number of Topliss-reactive ketones (excluding diaryl/α,β-unsaturated/α-hetero) is 1. The third-order valence-electron chi connectivity index (χ3n) is 2.16. The van der Waals surface area contributed by atoms with Gasteiger partial charge in [0.15, 0.2) is 0 Å². The predicted molar refractivity (Wildman–Crippen MR) is 59.3 cm³/mol. The summed E-state index contributed by atoms with van der Waals surface area (Å²) < 4.78 is 0. The topological polar surface area (TPSA) is 17.1 Å². The second kappa shape index (κ2) is 5.38. The Labute approximate surface area is 85.5 Å². The van der Waals surface area contributed by atoms with Gasteiger partial charge >= 0.3 is 0 Å². The van der Waals surface area contributed by atoms with E-state index in [2.05, 4.69) is 18.2 Å². The number of carbonyl (C=O) groups excluding carboxylic acids is 1. The zero-order valence-corrected chi connectivity index (χ0v) is 8.73. The lowest BCUT2D eigenvalue weighted by atomic mass is 9.94. The second-order valence-corrected chi connectivity index (χ2v) is 3.45. The molecule has 1 aromatic rings. The van der Waals surface area contributed by atoms with E-state index in [9.17, 15) is 4.79 Å². The van der Waals surface area contributed by atoms with Gasteiger partial charge in [0.2, 0.25) is 0 Å². The Morgan fingerprint density at radius 1 is 1.36 bits per heavy atom. The average molecular weight is 188 g/mol. The molecular weight excluding hydrogens is 172 g/mol. The van der Waals surface area contributed by atoms with Crippen LogP contribution in [0.2, 0.25) is 0 Å². The Kier molecular flexibility index (Phi) is 4.11. The SMILES string of the molecule is C/C=C/C(CC(C)=O)c1ccccc1. The van der Waals surface area contributed by atoms with Gasteiger partial charge in [-0.3, -0.25) is 4.79 Å². The highest BCUT2D eigenvalue weighted by Gasteiger charge is 2.09. The van der Waals surface area contributed by atoms with E-state index in [4.69, 9.17) is 0 Å². The minimum atomic E-state index is 0.233. The molecule has 0 saturated carbocycles. The Morgan fingerprint density at radius 2 is 2.00 bits per heavy atom. The molecule has 0 aliphatic carbocycles. The van der Waals surface area contributed by atoms with E-state index in [1.165, 1.54) is 5.56 Å². The zero-order valence-electron chi connectivity index (χ0n) is 8.73. The number of carbonyl (C=O) groups is 1. The number of ketones is 1. The van der Waals surface area contributed by atoms with E-state index >= 15 is 0 Å². The number of hydrogen-bond acceptors (Lipinski definition) is 1. The maximum Gasteiger partial charge on any atom is 0.130 e. The third-order valence-corrected chi connectivity index (χ3v) is 2.16. The van der Waals surface area contributed by atoms with Gasteiger partial charge in [-0.1, -0.05) is 42.5 Å². The highest BCUT2D eigenvalue weighted by Crippen LogP contribution is 2.21. The van der Waals surface area contributed by atoms with E-state index in [0.717, 1.165) is 0 Å². The Morgan fingerprint density at radius 3 is 2.50 bits per heavy atom. The minimum Gasteiger partial charge on any atom is -0.300 e. The maximum absolute atomic E-state index is 11.1. The van der Waals surface area contributed by atoms with Crippen LogP contribution in [-0.2, 0) is 4.79 Å². The van der Waals surface area contributed by atoms with Crippen molar-refractivity contribution in [2.75, 3.05) is 0 Å². The van der Waals surface area contributed by atoms with Crippen molar-refractivity contribution in [3.05, 3.63) is 48.0 Å². The van der Waals surface area contributed by atoms with Gasteiger partial charge in [0.1, 0.15) is 5.78 Å². The molecule has 0 aliphatic rings. The van der Waals surface area contributed by atoms with Crippen molar-refractivity contribution in [2.24, 2.45) is 0 Å². The summed E-state index contributed by atoms with van der Waals surface area (Å²) >= 11 is 0. The van der Waals surface area contributed by atoms with E-state index in [1.807, 2.05) is 31.2 Å². The number of rotatable bonds is 4. The molecule has 1 aromatic carbocycles. The molecule has 1 unspecified atom stereocenters. The molecule has 74 valence electrons. The summed E-state index contributed by atoms with van der Waals surface area (Å²) in [6, 6.07) is 10.1. The fourth-order valence-corrected chi connectivity index (χ4v) is 1.54. The highest BCUT2D eigenvalue weighted by molar-refractivity contribution is 5.76. The van der Waals surface area contributed by atoms with Gasteiger partial charge in [0.25, 0.3) is 0 Å². The van der Waals surface area contributed by atoms with E-state index in [0.29, 0.717) is 6.42 Å². The molecule has 1 nitrogen and oxygen atoms in total. The van der Waals surface area contributed by atoms with Crippen molar-refractivity contribution in [3.63, 3.8) is 0 Å². The summed E-state index contributed by atoms with van der Waals surface area (Å²) in [4.78, 5) is 11.1.